The molecular formula is C84H163NO10. The minimum Gasteiger partial charge on any atom is -0.394 e. The Morgan fingerprint density at radius 2 is 0.621 bits per heavy atom. The van der Waals surface area contributed by atoms with Crippen LogP contribution in [0, 0.1) is 0 Å². The maximum absolute atomic E-state index is 13.3. The molecule has 95 heavy (non-hydrogen) atoms. The Kier molecular flexibility index (Phi) is 69.8. The molecular weight excluding hydrogens is 1180 g/mol. The Hall–Kier alpha value is -1.41. The van der Waals surface area contributed by atoms with Gasteiger partial charge >= 0.3 is 0 Å². The summed E-state index contributed by atoms with van der Waals surface area (Å²) in [6, 6.07) is -1.19. The van der Waals surface area contributed by atoms with Crippen molar-refractivity contribution in [3.63, 3.8) is 0 Å². The third kappa shape index (κ3) is 58.9. The lowest BCUT2D eigenvalue weighted by molar-refractivity contribution is -0.303. The van der Waals surface area contributed by atoms with Gasteiger partial charge in [-0.3, -0.25) is 4.79 Å². The highest BCUT2D eigenvalue weighted by Gasteiger charge is 2.44. The highest BCUT2D eigenvalue weighted by atomic mass is 16.7. The minimum atomic E-state index is -1.67. The largest absolute Gasteiger partial charge is 0.394 e. The fourth-order valence-corrected chi connectivity index (χ4v) is 14.0. The van der Waals surface area contributed by atoms with Crippen LogP contribution in [0.25, 0.3) is 0 Å². The number of carbonyl (C=O) groups is 1. The number of hydrogen-bond donors (Lipinski definition) is 8. The van der Waals surface area contributed by atoms with Crippen LogP contribution in [0.5, 0.6) is 0 Å². The number of aliphatic hydroxyl groups is 7. The van der Waals surface area contributed by atoms with E-state index in [2.05, 4.69) is 43.5 Å². The van der Waals surface area contributed by atoms with Gasteiger partial charge in [0.25, 0.3) is 0 Å². The van der Waals surface area contributed by atoms with Gasteiger partial charge in [-0.05, 0) is 64.2 Å². The van der Waals surface area contributed by atoms with Crippen LogP contribution in [0.3, 0.4) is 0 Å². The summed E-state index contributed by atoms with van der Waals surface area (Å²) in [7, 11) is 0. The van der Waals surface area contributed by atoms with Crippen LogP contribution in [0.1, 0.15) is 438 Å². The molecule has 0 aliphatic carbocycles. The van der Waals surface area contributed by atoms with Gasteiger partial charge < -0.3 is 50.5 Å². The summed E-state index contributed by atoms with van der Waals surface area (Å²) in [5.41, 5.74) is 0. The Morgan fingerprint density at radius 3 is 0.905 bits per heavy atom. The van der Waals surface area contributed by atoms with Crippen molar-refractivity contribution in [3.8, 4) is 0 Å². The summed E-state index contributed by atoms with van der Waals surface area (Å²) in [4.78, 5) is 13.3. The SMILES string of the molecule is CCCCCCCCCCCCCCCCCCCC/C=C\CCCCCCCCCCCCCCCCCCC(O)C(=O)NC(COC1OC(CO)C(O)C(O)C1O)C(O)C(O)CCC/C=C/CCCCCCCCCCCCCCCCCCCCCCCCCCC. The molecule has 0 spiro atoms. The van der Waals surface area contributed by atoms with Crippen LogP contribution in [-0.2, 0) is 14.3 Å². The van der Waals surface area contributed by atoms with Crippen LogP contribution in [0.4, 0.5) is 0 Å². The summed E-state index contributed by atoms with van der Waals surface area (Å²) in [5, 5.41) is 76.8. The third-order valence-electron chi connectivity index (χ3n) is 20.7. The fraction of sp³-hybridized carbons (Fsp3) is 0.940. The van der Waals surface area contributed by atoms with Gasteiger partial charge in [0.2, 0.25) is 5.91 Å². The summed E-state index contributed by atoms with van der Waals surface area (Å²) in [6.45, 7) is 3.52. The van der Waals surface area contributed by atoms with Gasteiger partial charge in [-0.2, -0.15) is 0 Å². The lowest BCUT2D eigenvalue weighted by atomic mass is 9.98. The van der Waals surface area contributed by atoms with Gasteiger partial charge in [-0.15, -0.1) is 0 Å². The normalized spacial score (nSPS) is 18.2. The molecule has 564 valence electrons. The van der Waals surface area contributed by atoms with Gasteiger partial charge in [0, 0.05) is 0 Å². The Labute approximate surface area is 588 Å². The highest BCUT2D eigenvalue weighted by molar-refractivity contribution is 5.80. The Bertz CT molecular complexity index is 1600. The van der Waals surface area contributed by atoms with E-state index in [0.29, 0.717) is 12.8 Å². The van der Waals surface area contributed by atoms with E-state index in [1.807, 2.05) is 0 Å². The molecule has 0 saturated carbocycles. The third-order valence-corrected chi connectivity index (χ3v) is 20.7. The van der Waals surface area contributed by atoms with Crippen LogP contribution in [0.15, 0.2) is 24.3 Å². The zero-order chi connectivity index (χ0) is 68.8. The van der Waals surface area contributed by atoms with Crippen LogP contribution in [0.2, 0.25) is 0 Å². The summed E-state index contributed by atoms with van der Waals surface area (Å²) in [6.07, 6.45) is 83.2. The number of nitrogens with one attached hydrogen (secondary N) is 1. The number of amides is 1. The summed E-state index contributed by atoms with van der Waals surface area (Å²) < 4.78 is 11.2. The van der Waals surface area contributed by atoms with E-state index in [0.717, 1.165) is 38.5 Å². The van der Waals surface area contributed by atoms with Gasteiger partial charge in [-0.1, -0.05) is 398 Å². The molecule has 1 saturated heterocycles. The lowest BCUT2D eigenvalue weighted by Crippen LogP contribution is -2.60. The first-order valence-corrected chi connectivity index (χ1v) is 42.2. The van der Waals surface area contributed by atoms with Crippen LogP contribution in [-0.4, -0.2) is 110 Å². The van der Waals surface area contributed by atoms with E-state index < -0.39 is 74.2 Å². The average Bonchev–Trinajstić information content (AvgIpc) is 0.832. The number of ether oxygens (including phenoxy) is 2. The monoisotopic (exact) mass is 1350 g/mol. The van der Waals surface area contributed by atoms with Crippen molar-refractivity contribution < 1.29 is 50.0 Å². The van der Waals surface area contributed by atoms with E-state index in [9.17, 15) is 40.5 Å². The van der Waals surface area contributed by atoms with Crippen LogP contribution >= 0.6 is 0 Å². The zero-order valence-corrected chi connectivity index (χ0v) is 62.9. The smallest absolute Gasteiger partial charge is 0.249 e. The highest BCUT2D eigenvalue weighted by Crippen LogP contribution is 2.25. The predicted octanol–water partition coefficient (Wildman–Crippen LogP) is 22.3. The first-order valence-electron chi connectivity index (χ1n) is 42.2. The van der Waals surface area contributed by atoms with E-state index in [-0.39, 0.29) is 12.8 Å². The number of carbonyl (C=O) groups excluding carboxylic acids is 1. The fourth-order valence-electron chi connectivity index (χ4n) is 14.0. The number of rotatable bonds is 76. The van der Waals surface area contributed by atoms with Crippen molar-refractivity contribution in [1.29, 1.82) is 0 Å². The molecule has 0 radical (unpaired) electrons. The standard InChI is InChI=1S/C84H163NO10/c1-3-5-7-9-11-13-15-17-19-21-23-25-27-29-31-33-35-36-37-38-39-40-41-42-44-46-48-50-52-54-56-58-60-62-64-66-68-70-72-77(88)83(93)85-75(74-94-84-82(92)81(91)80(90)78(73-86)95-84)79(89)76(87)71-69-67-65-63-61-59-57-55-53-51-49-47-45-43-34-32-30-28-26-24-22-20-18-16-14-12-10-8-6-4-2/h38-39,63,65,75-82,84,86-92H,3-37,40-62,64,66-74H2,1-2H3,(H,85,93)/b39-38-,65-63+. The summed E-state index contributed by atoms with van der Waals surface area (Å²) in [5.74, 6) is -0.698. The van der Waals surface area contributed by atoms with Gasteiger partial charge in [0.05, 0.1) is 25.4 Å². The second-order valence-electron chi connectivity index (χ2n) is 29.9. The second-order valence-corrected chi connectivity index (χ2v) is 29.9. The van der Waals surface area contributed by atoms with Crippen molar-refractivity contribution in [2.24, 2.45) is 0 Å². The first-order chi connectivity index (χ1) is 46.7. The van der Waals surface area contributed by atoms with E-state index in [1.165, 1.54) is 360 Å². The molecule has 1 fully saturated rings. The molecule has 9 atom stereocenters. The maximum Gasteiger partial charge on any atom is 0.249 e. The van der Waals surface area contributed by atoms with Crippen molar-refractivity contribution in [2.45, 2.75) is 493 Å². The molecule has 9 unspecified atom stereocenters. The van der Waals surface area contributed by atoms with Gasteiger partial charge in [-0.25, -0.2) is 0 Å². The quantitative estimate of drug-likeness (QED) is 0.0215. The molecule has 0 aromatic carbocycles. The number of hydrogen-bond acceptors (Lipinski definition) is 10. The van der Waals surface area contributed by atoms with Crippen LogP contribution < -0.4 is 5.32 Å². The minimum absolute atomic E-state index is 0.258. The second kappa shape index (κ2) is 72.4. The van der Waals surface area contributed by atoms with Crippen molar-refractivity contribution in [3.05, 3.63) is 24.3 Å². The lowest BCUT2D eigenvalue weighted by Gasteiger charge is -2.40. The molecule has 0 bridgehead atoms. The van der Waals surface area contributed by atoms with Gasteiger partial charge in [0.1, 0.15) is 36.6 Å². The maximum atomic E-state index is 13.3. The molecule has 8 N–H and O–H groups in total. The summed E-state index contributed by atoms with van der Waals surface area (Å²) >= 11 is 0. The first kappa shape index (κ1) is 91.6. The Balaban J connectivity index is 2.11. The molecule has 11 heteroatoms. The molecule has 1 heterocycles. The number of unbranched alkanes of at least 4 members (excludes halogenated alkanes) is 60. The molecule has 0 aromatic rings. The van der Waals surface area contributed by atoms with Crippen molar-refractivity contribution >= 4 is 5.91 Å². The molecule has 0 aromatic heterocycles. The topological polar surface area (TPSA) is 189 Å². The zero-order valence-electron chi connectivity index (χ0n) is 62.9. The van der Waals surface area contributed by atoms with Crippen molar-refractivity contribution in [1.82, 2.24) is 5.32 Å². The van der Waals surface area contributed by atoms with E-state index in [1.54, 1.807) is 0 Å². The number of allylic oxidation sites excluding steroid dienone is 4. The predicted molar refractivity (Wildman–Crippen MR) is 404 cm³/mol. The molecule has 1 rings (SSSR count). The average molecular weight is 1350 g/mol. The van der Waals surface area contributed by atoms with E-state index >= 15 is 0 Å². The molecule has 1 aliphatic heterocycles. The van der Waals surface area contributed by atoms with E-state index in [4.69, 9.17) is 9.47 Å². The Morgan fingerprint density at radius 1 is 0.358 bits per heavy atom. The molecule has 1 aliphatic rings. The number of aliphatic hydroxyl groups excluding tert-OH is 7. The molecule has 11 nitrogen and oxygen atoms in total. The van der Waals surface area contributed by atoms with Gasteiger partial charge in [0.15, 0.2) is 6.29 Å². The molecule has 1 amide bonds. The van der Waals surface area contributed by atoms with Crippen molar-refractivity contribution in [2.75, 3.05) is 13.2 Å².